The van der Waals surface area contributed by atoms with E-state index in [9.17, 15) is 5.26 Å². The first-order chi connectivity index (χ1) is 14.7. The number of anilines is 1. The van der Waals surface area contributed by atoms with Gasteiger partial charge in [0, 0.05) is 29.7 Å². The van der Waals surface area contributed by atoms with Crippen LogP contribution in [0.5, 0.6) is 11.5 Å². The van der Waals surface area contributed by atoms with Gasteiger partial charge in [-0.1, -0.05) is 18.2 Å². The van der Waals surface area contributed by atoms with Gasteiger partial charge in [0.15, 0.2) is 11.5 Å². The molecule has 2 aromatic carbocycles. The maximum Gasteiger partial charge on any atom is 0.161 e. The molecule has 0 aliphatic carbocycles. The zero-order valence-corrected chi connectivity index (χ0v) is 17.9. The zero-order valence-electron chi connectivity index (χ0n) is 17.1. The van der Waals surface area contributed by atoms with E-state index in [2.05, 4.69) is 29.2 Å². The van der Waals surface area contributed by atoms with E-state index in [4.69, 9.17) is 14.5 Å². The van der Waals surface area contributed by atoms with E-state index in [1.807, 2.05) is 35.7 Å². The number of nitriles is 1. The van der Waals surface area contributed by atoms with Gasteiger partial charge in [-0.2, -0.15) is 5.26 Å². The number of nitrogens with zero attached hydrogens (tertiary/aromatic N) is 3. The summed E-state index contributed by atoms with van der Waals surface area (Å²) in [6.07, 6.45) is 4.37. The van der Waals surface area contributed by atoms with Crippen molar-refractivity contribution in [2.24, 2.45) is 0 Å². The van der Waals surface area contributed by atoms with Crippen molar-refractivity contribution in [3.05, 3.63) is 58.4 Å². The van der Waals surface area contributed by atoms with Crippen molar-refractivity contribution >= 4 is 28.7 Å². The minimum Gasteiger partial charge on any atom is -0.493 e. The molecule has 152 valence electrons. The Morgan fingerprint density at radius 2 is 1.87 bits per heavy atom. The predicted molar refractivity (Wildman–Crippen MR) is 122 cm³/mol. The third-order valence-corrected chi connectivity index (χ3v) is 6.09. The SMILES string of the molecule is COc1ccc(-c2csc(C(C#N)=Cc3ccccc3N3CCCC3)n2)cc1OC. The molecule has 1 fully saturated rings. The van der Waals surface area contributed by atoms with E-state index >= 15 is 0 Å². The van der Waals surface area contributed by atoms with Crippen LogP contribution >= 0.6 is 11.3 Å². The van der Waals surface area contributed by atoms with E-state index in [0.29, 0.717) is 22.1 Å². The predicted octanol–water partition coefficient (Wildman–Crippen LogP) is 5.49. The van der Waals surface area contributed by atoms with Crippen molar-refractivity contribution in [2.45, 2.75) is 12.8 Å². The topological polar surface area (TPSA) is 58.4 Å². The van der Waals surface area contributed by atoms with Crippen LogP contribution in [0.2, 0.25) is 0 Å². The van der Waals surface area contributed by atoms with Gasteiger partial charge in [0.1, 0.15) is 11.1 Å². The maximum atomic E-state index is 9.83. The fourth-order valence-corrected chi connectivity index (χ4v) is 4.47. The lowest BCUT2D eigenvalue weighted by Gasteiger charge is -2.20. The lowest BCUT2D eigenvalue weighted by atomic mass is 10.1. The molecular weight excluding hydrogens is 394 g/mol. The van der Waals surface area contributed by atoms with Crippen LogP contribution in [-0.2, 0) is 0 Å². The van der Waals surface area contributed by atoms with Crippen LogP contribution in [0, 0.1) is 11.3 Å². The van der Waals surface area contributed by atoms with Gasteiger partial charge in [-0.3, -0.25) is 0 Å². The molecule has 1 aromatic heterocycles. The number of hydrogen-bond acceptors (Lipinski definition) is 6. The summed E-state index contributed by atoms with van der Waals surface area (Å²) in [5, 5.41) is 12.5. The summed E-state index contributed by atoms with van der Waals surface area (Å²) in [5.41, 5.74) is 4.53. The fourth-order valence-electron chi connectivity index (χ4n) is 3.68. The zero-order chi connectivity index (χ0) is 20.9. The highest BCUT2D eigenvalue weighted by molar-refractivity contribution is 7.11. The largest absolute Gasteiger partial charge is 0.493 e. The minimum absolute atomic E-state index is 0.568. The number of thiazole rings is 1. The summed E-state index contributed by atoms with van der Waals surface area (Å²) < 4.78 is 10.7. The second-order valence-electron chi connectivity index (χ2n) is 7.03. The average Bonchev–Trinajstić information content (AvgIpc) is 3.50. The van der Waals surface area contributed by atoms with Gasteiger partial charge in [0.05, 0.1) is 25.5 Å². The number of aromatic nitrogens is 1. The fraction of sp³-hybridized carbons (Fsp3) is 0.250. The molecule has 1 aliphatic heterocycles. The molecule has 6 heteroatoms. The van der Waals surface area contributed by atoms with Crippen LogP contribution < -0.4 is 14.4 Å². The quantitative estimate of drug-likeness (QED) is 0.496. The highest BCUT2D eigenvalue weighted by Gasteiger charge is 2.16. The van der Waals surface area contributed by atoms with Crippen LogP contribution in [0.1, 0.15) is 23.4 Å². The Labute approximate surface area is 180 Å². The summed E-state index contributed by atoms with van der Waals surface area (Å²) in [6.45, 7) is 2.13. The molecule has 0 bridgehead atoms. The second-order valence-corrected chi connectivity index (χ2v) is 7.89. The normalized spacial score (nSPS) is 13.9. The first-order valence-corrected chi connectivity index (χ1v) is 10.8. The van der Waals surface area contributed by atoms with Crippen molar-refractivity contribution in [3.63, 3.8) is 0 Å². The van der Waals surface area contributed by atoms with Gasteiger partial charge >= 0.3 is 0 Å². The van der Waals surface area contributed by atoms with Crippen molar-refractivity contribution in [1.82, 2.24) is 4.98 Å². The summed E-state index contributed by atoms with van der Waals surface area (Å²) >= 11 is 1.47. The molecule has 2 heterocycles. The van der Waals surface area contributed by atoms with Crippen LogP contribution in [0.25, 0.3) is 22.9 Å². The highest BCUT2D eigenvalue weighted by Crippen LogP contribution is 2.34. The molecule has 0 unspecified atom stereocenters. The minimum atomic E-state index is 0.568. The average molecular weight is 418 g/mol. The lowest BCUT2D eigenvalue weighted by molar-refractivity contribution is 0.355. The first-order valence-electron chi connectivity index (χ1n) is 9.87. The number of allylic oxidation sites excluding steroid dienone is 1. The second kappa shape index (κ2) is 9.02. The molecule has 0 spiro atoms. The van der Waals surface area contributed by atoms with E-state index in [1.165, 1.54) is 29.9 Å². The Morgan fingerprint density at radius 1 is 1.10 bits per heavy atom. The van der Waals surface area contributed by atoms with Crippen LogP contribution in [0.15, 0.2) is 47.8 Å². The molecule has 1 aliphatic rings. The Hall–Kier alpha value is -3.30. The molecule has 4 rings (SSSR count). The third-order valence-electron chi connectivity index (χ3n) is 5.22. The number of methoxy groups -OCH3 is 2. The molecule has 0 radical (unpaired) electrons. The van der Waals surface area contributed by atoms with Crippen LogP contribution in [0.3, 0.4) is 0 Å². The summed E-state index contributed by atoms with van der Waals surface area (Å²) in [7, 11) is 3.23. The van der Waals surface area contributed by atoms with Crippen molar-refractivity contribution < 1.29 is 9.47 Å². The van der Waals surface area contributed by atoms with Crippen molar-refractivity contribution in [2.75, 3.05) is 32.2 Å². The van der Waals surface area contributed by atoms with Gasteiger partial charge < -0.3 is 14.4 Å². The van der Waals surface area contributed by atoms with E-state index in [-0.39, 0.29) is 0 Å². The van der Waals surface area contributed by atoms with E-state index < -0.39 is 0 Å². The standard InChI is InChI=1S/C24H23N3O2S/c1-28-22-10-9-17(14-23(22)29-2)20-16-30-24(26-20)19(15-25)13-18-7-3-4-8-21(18)27-11-5-6-12-27/h3-4,7-10,13-14,16H,5-6,11-12H2,1-2H3. The molecule has 3 aromatic rings. The van der Waals surface area contributed by atoms with Crippen molar-refractivity contribution in [3.8, 4) is 28.8 Å². The van der Waals surface area contributed by atoms with Crippen LogP contribution in [-0.4, -0.2) is 32.3 Å². The van der Waals surface area contributed by atoms with Gasteiger partial charge in [-0.15, -0.1) is 11.3 Å². The lowest BCUT2D eigenvalue weighted by Crippen LogP contribution is -2.18. The van der Waals surface area contributed by atoms with Gasteiger partial charge in [0.2, 0.25) is 0 Å². The first kappa shape index (κ1) is 20.0. The Balaban J connectivity index is 1.67. The van der Waals surface area contributed by atoms with Gasteiger partial charge in [-0.25, -0.2) is 4.98 Å². The molecule has 0 saturated carbocycles. The number of benzene rings is 2. The molecule has 0 N–H and O–H groups in total. The highest BCUT2D eigenvalue weighted by atomic mass is 32.1. The summed E-state index contributed by atoms with van der Waals surface area (Å²) in [6, 6.07) is 16.3. The Bertz CT molecular complexity index is 1110. The van der Waals surface area contributed by atoms with Crippen LogP contribution in [0.4, 0.5) is 5.69 Å². The smallest absolute Gasteiger partial charge is 0.161 e. The molecule has 30 heavy (non-hydrogen) atoms. The summed E-state index contributed by atoms with van der Waals surface area (Å²) in [5.74, 6) is 1.33. The molecule has 1 saturated heterocycles. The number of rotatable bonds is 6. The Kier molecular flexibility index (Phi) is 6.01. The Morgan fingerprint density at radius 3 is 2.60 bits per heavy atom. The molecule has 0 atom stereocenters. The number of ether oxygens (including phenoxy) is 2. The maximum absolute atomic E-state index is 9.83. The molecule has 0 amide bonds. The van der Waals surface area contributed by atoms with Gasteiger partial charge in [0.25, 0.3) is 0 Å². The van der Waals surface area contributed by atoms with Crippen molar-refractivity contribution in [1.29, 1.82) is 5.26 Å². The molecule has 5 nitrogen and oxygen atoms in total. The van der Waals surface area contributed by atoms with Gasteiger partial charge in [-0.05, 0) is 48.7 Å². The van der Waals surface area contributed by atoms with E-state index in [0.717, 1.165) is 29.9 Å². The summed E-state index contributed by atoms with van der Waals surface area (Å²) in [4.78, 5) is 7.11. The number of hydrogen-bond donors (Lipinski definition) is 0. The van der Waals surface area contributed by atoms with E-state index in [1.54, 1.807) is 14.2 Å². The third kappa shape index (κ3) is 4.03. The number of para-hydroxylation sites is 1. The molecular formula is C24H23N3O2S. The monoisotopic (exact) mass is 417 g/mol.